The number of likely N-dealkylation sites (tertiary alicyclic amines) is 1. The second-order valence-corrected chi connectivity index (χ2v) is 8.60. The summed E-state index contributed by atoms with van der Waals surface area (Å²) in [6.07, 6.45) is -2.68. The lowest BCUT2D eigenvalue weighted by Crippen LogP contribution is -2.47. The van der Waals surface area contributed by atoms with Crippen molar-refractivity contribution in [1.82, 2.24) is 10.2 Å². The van der Waals surface area contributed by atoms with E-state index in [1.165, 1.54) is 4.90 Å². The van der Waals surface area contributed by atoms with Crippen LogP contribution in [0.15, 0.2) is 42.5 Å². The summed E-state index contributed by atoms with van der Waals surface area (Å²) in [5.41, 5.74) is 0.0932. The number of nitrogens with zero attached hydrogens (tertiary/aromatic N) is 1. The summed E-state index contributed by atoms with van der Waals surface area (Å²) in [7, 11) is 0. The fraction of sp³-hybridized carbons (Fsp3) is 0.478. The molecule has 170 valence electrons. The van der Waals surface area contributed by atoms with Gasteiger partial charge in [-0.2, -0.15) is 13.2 Å². The maximum atomic E-state index is 12.7. The molecular formula is C23H29F3N2O3. The average Bonchev–Trinajstić information content (AvgIpc) is 3.14. The van der Waals surface area contributed by atoms with Crippen LogP contribution >= 0.6 is 0 Å². The SMILES string of the molecule is C=C(/C=C(\C)C(F)(F)F)c1cccc(CNC(=O)C2CCCN2C(=O)OC(C)(C)C)c1. The molecule has 1 aromatic carbocycles. The molecule has 8 heteroatoms. The number of rotatable bonds is 5. The van der Waals surface area contributed by atoms with E-state index >= 15 is 0 Å². The minimum absolute atomic E-state index is 0.181. The first kappa shape index (κ1) is 24.5. The van der Waals surface area contributed by atoms with Crippen molar-refractivity contribution in [3.63, 3.8) is 0 Å². The number of amides is 2. The number of allylic oxidation sites excluding steroid dienone is 3. The maximum absolute atomic E-state index is 12.7. The van der Waals surface area contributed by atoms with E-state index in [0.29, 0.717) is 30.5 Å². The molecule has 0 aromatic heterocycles. The molecule has 1 fully saturated rings. The van der Waals surface area contributed by atoms with Crippen molar-refractivity contribution in [3.8, 4) is 0 Å². The monoisotopic (exact) mass is 438 g/mol. The maximum Gasteiger partial charge on any atom is 0.412 e. The average molecular weight is 438 g/mol. The number of carbonyl (C=O) groups is 2. The van der Waals surface area contributed by atoms with Crippen LogP contribution < -0.4 is 5.32 Å². The summed E-state index contributed by atoms with van der Waals surface area (Å²) in [5, 5.41) is 2.81. The van der Waals surface area contributed by atoms with Crippen molar-refractivity contribution in [2.45, 2.75) is 64.9 Å². The van der Waals surface area contributed by atoms with Crippen molar-refractivity contribution in [1.29, 1.82) is 0 Å². The highest BCUT2D eigenvalue weighted by Gasteiger charge is 2.36. The van der Waals surface area contributed by atoms with E-state index in [4.69, 9.17) is 4.74 Å². The summed E-state index contributed by atoms with van der Waals surface area (Å²) in [4.78, 5) is 26.5. The molecule has 1 heterocycles. The van der Waals surface area contributed by atoms with Crippen LogP contribution in [0.2, 0.25) is 0 Å². The molecule has 0 radical (unpaired) electrons. The van der Waals surface area contributed by atoms with E-state index in [2.05, 4.69) is 11.9 Å². The van der Waals surface area contributed by atoms with Crippen molar-refractivity contribution in [2.24, 2.45) is 0 Å². The van der Waals surface area contributed by atoms with E-state index in [-0.39, 0.29) is 18.0 Å². The fourth-order valence-electron chi connectivity index (χ4n) is 3.19. The van der Waals surface area contributed by atoms with Gasteiger partial charge in [-0.1, -0.05) is 24.8 Å². The Labute approximate surface area is 180 Å². The predicted octanol–water partition coefficient (Wildman–Crippen LogP) is 5.22. The van der Waals surface area contributed by atoms with Crippen LogP contribution in [0.5, 0.6) is 0 Å². The Bertz CT molecular complexity index is 870. The zero-order valence-corrected chi connectivity index (χ0v) is 18.3. The molecule has 5 nitrogen and oxygen atoms in total. The first-order valence-electron chi connectivity index (χ1n) is 10.1. The molecule has 1 aliphatic rings. The number of halogens is 3. The number of ether oxygens (including phenoxy) is 1. The van der Waals surface area contributed by atoms with Gasteiger partial charge >= 0.3 is 12.3 Å². The highest BCUT2D eigenvalue weighted by atomic mass is 19.4. The summed E-state index contributed by atoms with van der Waals surface area (Å²) in [6, 6.07) is 6.20. The van der Waals surface area contributed by atoms with E-state index in [1.807, 2.05) is 0 Å². The molecule has 1 N–H and O–H groups in total. The number of nitrogens with one attached hydrogen (secondary N) is 1. The molecular weight excluding hydrogens is 409 g/mol. The molecule has 1 aliphatic heterocycles. The van der Waals surface area contributed by atoms with Crippen LogP contribution in [-0.4, -0.2) is 41.3 Å². The minimum Gasteiger partial charge on any atom is -0.444 e. The van der Waals surface area contributed by atoms with E-state index in [1.54, 1.807) is 45.0 Å². The quantitative estimate of drug-likeness (QED) is 0.641. The second-order valence-electron chi connectivity index (χ2n) is 8.60. The van der Waals surface area contributed by atoms with Crippen LogP contribution in [0.4, 0.5) is 18.0 Å². The van der Waals surface area contributed by atoms with Crippen LogP contribution in [0, 0.1) is 0 Å². The van der Waals surface area contributed by atoms with Gasteiger partial charge in [0.15, 0.2) is 0 Å². The van der Waals surface area contributed by atoms with Gasteiger partial charge in [0.2, 0.25) is 5.91 Å². The molecule has 1 saturated heterocycles. The van der Waals surface area contributed by atoms with Crippen molar-refractivity contribution in [3.05, 3.63) is 53.6 Å². The van der Waals surface area contributed by atoms with Gasteiger partial charge in [0.25, 0.3) is 0 Å². The van der Waals surface area contributed by atoms with Gasteiger partial charge < -0.3 is 10.1 Å². The molecule has 2 rings (SSSR count). The molecule has 0 saturated carbocycles. The van der Waals surface area contributed by atoms with Gasteiger partial charge in [-0.3, -0.25) is 9.69 Å². The van der Waals surface area contributed by atoms with E-state index < -0.39 is 29.5 Å². The van der Waals surface area contributed by atoms with Crippen LogP contribution in [0.25, 0.3) is 5.57 Å². The number of benzene rings is 1. The van der Waals surface area contributed by atoms with Crippen LogP contribution in [0.3, 0.4) is 0 Å². The van der Waals surface area contributed by atoms with Crippen molar-refractivity contribution in [2.75, 3.05) is 6.54 Å². The molecule has 1 unspecified atom stereocenters. The first-order chi connectivity index (χ1) is 14.3. The standard InChI is InChI=1S/C23H29F3N2O3/c1-15(12-16(2)23(24,25)26)18-9-6-8-17(13-18)14-27-20(29)19-10-7-11-28(19)21(30)31-22(3,4)5/h6,8-9,12-13,19H,1,7,10-11,14H2,2-5H3,(H,27,29)/b16-12+. The predicted molar refractivity (Wildman–Crippen MR) is 113 cm³/mol. The molecule has 0 bridgehead atoms. The Morgan fingerprint density at radius 1 is 1.29 bits per heavy atom. The lowest BCUT2D eigenvalue weighted by molar-refractivity contribution is -0.125. The fourth-order valence-corrected chi connectivity index (χ4v) is 3.19. The van der Waals surface area contributed by atoms with Crippen LogP contribution in [0.1, 0.15) is 51.7 Å². The number of hydrogen-bond donors (Lipinski definition) is 1. The Morgan fingerprint density at radius 2 is 1.97 bits per heavy atom. The normalized spacial score (nSPS) is 17.5. The minimum atomic E-state index is -4.41. The highest BCUT2D eigenvalue weighted by Crippen LogP contribution is 2.28. The molecule has 0 spiro atoms. The highest BCUT2D eigenvalue weighted by molar-refractivity contribution is 5.86. The summed E-state index contributed by atoms with van der Waals surface area (Å²) < 4.78 is 43.6. The first-order valence-corrected chi connectivity index (χ1v) is 10.1. The van der Waals surface area contributed by atoms with Crippen molar-refractivity contribution < 1.29 is 27.5 Å². The van der Waals surface area contributed by atoms with E-state index in [9.17, 15) is 22.8 Å². The van der Waals surface area contributed by atoms with Gasteiger partial charge in [0.05, 0.1) is 0 Å². The Kier molecular flexibility index (Phi) is 7.57. The third-order valence-electron chi connectivity index (χ3n) is 4.79. The summed E-state index contributed by atoms with van der Waals surface area (Å²) in [6.45, 7) is 10.6. The molecule has 2 amide bonds. The summed E-state index contributed by atoms with van der Waals surface area (Å²) in [5.74, 6) is -0.291. The number of carbonyl (C=O) groups excluding carboxylic acids is 2. The van der Waals surface area contributed by atoms with Crippen molar-refractivity contribution >= 4 is 17.6 Å². The topological polar surface area (TPSA) is 58.6 Å². The Hall–Kier alpha value is -2.77. The van der Waals surface area contributed by atoms with E-state index in [0.717, 1.165) is 13.0 Å². The van der Waals surface area contributed by atoms with Gasteiger partial charge in [-0.15, -0.1) is 0 Å². The molecule has 31 heavy (non-hydrogen) atoms. The van der Waals surface area contributed by atoms with Gasteiger partial charge in [-0.05, 0) is 69.4 Å². The molecule has 1 atom stereocenters. The zero-order chi connectivity index (χ0) is 23.4. The van der Waals surface area contributed by atoms with Gasteiger partial charge in [0, 0.05) is 18.7 Å². The smallest absolute Gasteiger partial charge is 0.412 e. The molecule has 1 aromatic rings. The third-order valence-corrected chi connectivity index (χ3v) is 4.79. The van der Waals surface area contributed by atoms with Gasteiger partial charge in [-0.25, -0.2) is 4.79 Å². The number of hydrogen-bond acceptors (Lipinski definition) is 3. The Balaban J connectivity index is 2.02. The third kappa shape index (κ3) is 7.15. The lowest BCUT2D eigenvalue weighted by atomic mass is 10.0. The molecule has 0 aliphatic carbocycles. The summed E-state index contributed by atoms with van der Waals surface area (Å²) >= 11 is 0. The lowest BCUT2D eigenvalue weighted by Gasteiger charge is -2.28. The zero-order valence-electron chi connectivity index (χ0n) is 18.3. The van der Waals surface area contributed by atoms with Crippen LogP contribution in [-0.2, 0) is 16.1 Å². The van der Waals surface area contributed by atoms with Gasteiger partial charge in [0.1, 0.15) is 11.6 Å². The second kappa shape index (κ2) is 9.58. The Morgan fingerprint density at radius 3 is 2.58 bits per heavy atom. The largest absolute Gasteiger partial charge is 0.444 e. The number of alkyl halides is 3.